The fraction of sp³-hybridized carbons (Fsp3) is 0.923. The molecule has 0 saturated heterocycles. The van der Waals surface area contributed by atoms with Crippen LogP contribution in [0.1, 0.15) is 44.9 Å². The Labute approximate surface area is 97.8 Å². The van der Waals surface area contributed by atoms with Crippen LogP contribution in [-0.4, -0.2) is 23.8 Å². The van der Waals surface area contributed by atoms with Gasteiger partial charge >= 0.3 is 0 Å². The Balaban J connectivity index is 1.72. The van der Waals surface area contributed by atoms with E-state index in [9.17, 15) is 5.11 Å². The van der Waals surface area contributed by atoms with Crippen molar-refractivity contribution in [2.45, 2.75) is 57.1 Å². The molecular formula is C13H22N2O. The first-order valence-electron chi connectivity index (χ1n) is 6.60. The molecule has 0 aromatic heterocycles. The van der Waals surface area contributed by atoms with Gasteiger partial charge < -0.3 is 10.4 Å². The summed E-state index contributed by atoms with van der Waals surface area (Å²) in [4.78, 5) is 0. The second-order valence-corrected chi connectivity index (χ2v) is 5.37. The molecule has 90 valence electrons. The van der Waals surface area contributed by atoms with Crippen molar-refractivity contribution in [2.75, 3.05) is 6.54 Å². The van der Waals surface area contributed by atoms with Crippen molar-refractivity contribution >= 4 is 0 Å². The smallest absolute Gasteiger partial charge is 0.0672 e. The number of aliphatic hydroxyl groups excluding tert-OH is 1. The number of hydrogen-bond donors (Lipinski definition) is 2. The van der Waals surface area contributed by atoms with Gasteiger partial charge in [-0.05, 0) is 44.6 Å². The molecule has 4 unspecified atom stereocenters. The molecular weight excluding hydrogens is 200 g/mol. The van der Waals surface area contributed by atoms with Gasteiger partial charge in [0.15, 0.2) is 0 Å². The van der Waals surface area contributed by atoms with Crippen LogP contribution in [-0.2, 0) is 0 Å². The minimum absolute atomic E-state index is 0.0871. The Bertz CT molecular complexity index is 261. The summed E-state index contributed by atoms with van der Waals surface area (Å²) >= 11 is 0. The summed E-state index contributed by atoms with van der Waals surface area (Å²) in [5, 5.41) is 22.1. The van der Waals surface area contributed by atoms with Gasteiger partial charge in [0.2, 0.25) is 0 Å². The van der Waals surface area contributed by atoms with E-state index in [2.05, 4.69) is 11.4 Å². The summed E-state index contributed by atoms with van der Waals surface area (Å²) < 4.78 is 0. The third-order valence-corrected chi connectivity index (χ3v) is 4.11. The van der Waals surface area contributed by atoms with Crippen LogP contribution >= 0.6 is 0 Å². The Morgan fingerprint density at radius 1 is 1.19 bits per heavy atom. The summed E-state index contributed by atoms with van der Waals surface area (Å²) in [6.07, 6.45) is 7.60. The molecule has 2 saturated carbocycles. The van der Waals surface area contributed by atoms with E-state index in [1.54, 1.807) is 0 Å². The molecule has 3 heteroatoms. The maximum absolute atomic E-state index is 9.59. The molecule has 2 aliphatic carbocycles. The number of nitrogens with zero attached hydrogens (tertiary/aromatic N) is 1. The summed E-state index contributed by atoms with van der Waals surface area (Å²) in [5.41, 5.74) is 0. The second-order valence-electron chi connectivity index (χ2n) is 5.37. The van der Waals surface area contributed by atoms with E-state index in [4.69, 9.17) is 5.26 Å². The van der Waals surface area contributed by atoms with Gasteiger partial charge in [0, 0.05) is 6.04 Å². The monoisotopic (exact) mass is 222 g/mol. The summed E-state index contributed by atoms with van der Waals surface area (Å²) in [7, 11) is 0. The number of aliphatic hydroxyl groups is 1. The SMILES string of the molecule is N#CC1CCCC1NCC1CCCC(O)C1. The van der Waals surface area contributed by atoms with Crippen LogP contribution < -0.4 is 5.32 Å². The highest BCUT2D eigenvalue weighted by Crippen LogP contribution is 2.27. The van der Waals surface area contributed by atoms with Crippen LogP contribution in [0, 0.1) is 23.2 Å². The van der Waals surface area contributed by atoms with Crippen LogP contribution in [0.4, 0.5) is 0 Å². The molecule has 0 amide bonds. The lowest BCUT2D eigenvalue weighted by molar-refractivity contribution is 0.0993. The minimum atomic E-state index is -0.0871. The first-order chi connectivity index (χ1) is 7.79. The third-order valence-electron chi connectivity index (χ3n) is 4.11. The van der Waals surface area contributed by atoms with Crippen LogP contribution in [0.25, 0.3) is 0 Å². The van der Waals surface area contributed by atoms with Crippen LogP contribution in [0.2, 0.25) is 0 Å². The third kappa shape index (κ3) is 2.96. The Morgan fingerprint density at radius 2 is 2.00 bits per heavy atom. The number of rotatable bonds is 3. The Morgan fingerprint density at radius 3 is 2.75 bits per heavy atom. The molecule has 0 aromatic carbocycles. The summed E-state index contributed by atoms with van der Waals surface area (Å²) in [5.74, 6) is 0.831. The van der Waals surface area contributed by atoms with Crippen molar-refractivity contribution in [1.29, 1.82) is 5.26 Å². The van der Waals surface area contributed by atoms with E-state index in [1.807, 2.05) is 0 Å². The molecule has 0 radical (unpaired) electrons. The number of hydrogen-bond acceptors (Lipinski definition) is 3. The quantitative estimate of drug-likeness (QED) is 0.766. The molecule has 16 heavy (non-hydrogen) atoms. The van der Waals surface area contributed by atoms with E-state index >= 15 is 0 Å². The Kier molecular flexibility index (Phi) is 4.20. The standard InChI is InChI=1S/C13H22N2O/c14-8-11-4-2-6-13(11)15-9-10-3-1-5-12(16)7-10/h10-13,15-16H,1-7,9H2. The number of nitriles is 1. The molecule has 2 fully saturated rings. The number of nitrogens with one attached hydrogen (secondary N) is 1. The Hall–Kier alpha value is -0.590. The van der Waals surface area contributed by atoms with E-state index in [1.165, 1.54) is 12.8 Å². The van der Waals surface area contributed by atoms with E-state index in [-0.39, 0.29) is 12.0 Å². The van der Waals surface area contributed by atoms with Gasteiger partial charge in [0.1, 0.15) is 0 Å². The predicted octanol–water partition coefficient (Wildman–Crippen LogP) is 1.82. The van der Waals surface area contributed by atoms with Crippen molar-refractivity contribution in [3.63, 3.8) is 0 Å². The highest BCUT2D eigenvalue weighted by atomic mass is 16.3. The minimum Gasteiger partial charge on any atom is -0.393 e. The molecule has 0 spiro atoms. The molecule has 0 bridgehead atoms. The van der Waals surface area contributed by atoms with Crippen LogP contribution in [0.15, 0.2) is 0 Å². The van der Waals surface area contributed by atoms with Gasteiger partial charge in [-0.2, -0.15) is 5.26 Å². The van der Waals surface area contributed by atoms with Crippen LogP contribution in [0.5, 0.6) is 0 Å². The van der Waals surface area contributed by atoms with Crippen molar-refractivity contribution in [3.05, 3.63) is 0 Å². The van der Waals surface area contributed by atoms with E-state index < -0.39 is 0 Å². The molecule has 2 rings (SSSR count). The first kappa shape index (κ1) is 11.9. The molecule has 0 aliphatic heterocycles. The lowest BCUT2D eigenvalue weighted by atomic mass is 9.87. The van der Waals surface area contributed by atoms with Crippen molar-refractivity contribution < 1.29 is 5.11 Å². The van der Waals surface area contributed by atoms with Gasteiger partial charge in [-0.25, -0.2) is 0 Å². The van der Waals surface area contributed by atoms with Crippen molar-refractivity contribution in [3.8, 4) is 6.07 Å². The first-order valence-corrected chi connectivity index (χ1v) is 6.60. The zero-order valence-corrected chi connectivity index (χ0v) is 9.86. The highest BCUT2D eigenvalue weighted by Gasteiger charge is 2.28. The molecule has 4 atom stereocenters. The topological polar surface area (TPSA) is 56.0 Å². The van der Waals surface area contributed by atoms with Crippen molar-refractivity contribution in [1.82, 2.24) is 5.32 Å². The molecule has 3 nitrogen and oxygen atoms in total. The zero-order chi connectivity index (χ0) is 11.4. The summed E-state index contributed by atoms with van der Waals surface area (Å²) in [6, 6.07) is 2.81. The lowest BCUT2D eigenvalue weighted by Crippen LogP contribution is -2.37. The molecule has 0 aromatic rings. The zero-order valence-electron chi connectivity index (χ0n) is 9.86. The van der Waals surface area contributed by atoms with Gasteiger partial charge in [-0.15, -0.1) is 0 Å². The van der Waals surface area contributed by atoms with Gasteiger partial charge in [-0.3, -0.25) is 0 Å². The highest BCUT2D eigenvalue weighted by molar-refractivity contribution is 4.96. The van der Waals surface area contributed by atoms with Crippen LogP contribution in [0.3, 0.4) is 0 Å². The average Bonchev–Trinajstić information content (AvgIpc) is 2.74. The van der Waals surface area contributed by atoms with E-state index in [0.717, 1.165) is 38.6 Å². The van der Waals surface area contributed by atoms with Gasteiger partial charge in [0.05, 0.1) is 18.1 Å². The maximum atomic E-state index is 9.59. The normalized spacial score (nSPS) is 39.5. The lowest BCUT2D eigenvalue weighted by Gasteiger charge is -2.27. The molecule has 2 N–H and O–H groups in total. The fourth-order valence-electron chi connectivity index (χ4n) is 3.12. The van der Waals surface area contributed by atoms with Gasteiger partial charge in [-0.1, -0.05) is 12.8 Å². The predicted molar refractivity (Wildman–Crippen MR) is 62.7 cm³/mol. The van der Waals surface area contributed by atoms with Gasteiger partial charge in [0.25, 0.3) is 0 Å². The molecule has 0 heterocycles. The maximum Gasteiger partial charge on any atom is 0.0672 e. The van der Waals surface area contributed by atoms with Crippen molar-refractivity contribution in [2.24, 2.45) is 11.8 Å². The second kappa shape index (κ2) is 5.65. The summed E-state index contributed by atoms with van der Waals surface area (Å²) in [6.45, 7) is 0.986. The molecule has 2 aliphatic rings. The largest absolute Gasteiger partial charge is 0.393 e. The fourth-order valence-corrected chi connectivity index (χ4v) is 3.12. The van der Waals surface area contributed by atoms with E-state index in [0.29, 0.717) is 12.0 Å². The average molecular weight is 222 g/mol.